The molecule has 0 saturated carbocycles. The van der Waals surface area contributed by atoms with Crippen LogP contribution in [-0.2, 0) is 17.1 Å². The number of rotatable bonds is 5. The fourth-order valence-corrected chi connectivity index (χ4v) is 2.42. The Morgan fingerprint density at radius 3 is 2.50 bits per heavy atom. The Hall–Kier alpha value is -1.59. The molecule has 1 aromatic heterocycles. The summed E-state index contributed by atoms with van der Waals surface area (Å²) in [5.74, 6) is -0.885. The molecule has 20 heavy (non-hydrogen) atoms. The third kappa shape index (κ3) is 3.71. The Morgan fingerprint density at radius 1 is 1.55 bits per heavy atom. The van der Waals surface area contributed by atoms with Gasteiger partial charge in [0.1, 0.15) is 10.6 Å². The molecule has 0 aromatic carbocycles. The predicted octanol–water partition coefficient (Wildman–Crippen LogP) is -0.675. The number of carbonyl (C=O) groups excluding carboxylic acids is 1. The van der Waals surface area contributed by atoms with Gasteiger partial charge in [-0.15, -0.1) is 0 Å². The van der Waals surface area contributed by atoms with Gasteiger partial charge in [0.05, 0.1) is 0 Å². The van der Waals surface area contributed by atoms with Crippen molar-refractivity contribution in [2.45, 2.75) is 17.2 Å². The maximum atomic E-state index is 12.1. The van der Waals surface area contributed by atoms with E-state index in [1.807, 2.05) is 0 Å². The number of primary amides is 1. The second-order valence-corrected chi connectivity index (χ2v) is 5.71. The molecule has 0 aliphatic rings. The van der Waals surface area contributed by atoms with Gasteiger partial charge in [-0.1, -0.05) is 0 Å². The number of nitrogens with one attached hydrogen (secondary N) is 1. The molecule has 7 nitrogen and oxygen atoms in total. The molecule has 0 fully saturated rings. The molecule has 4 N–H and O–H groups in total. The van der Waals surface area contributed by atoms with Crippen molar-refractivity contribution in [2.24, 2.45) is 12.8 Å². The van der Waals surface area contributed by atoms with Crippen molar-refractivity contribution in [2.75, 3.05) is 6.54 Å². The number of aliphatic hydroxyl groups excluding tert-OH is 1. The highest BCUT2D eigenvalue weighted by Crippen LogP contribution is 2.20. The molecule has 1 aromatic rings. The lowest BCUT2D eigenvalue weighted by atomic mass is 10.4. The van der Waals surface area contributed by atoms with Crippen LogP contribution >= 0.6 is 0 Å². The summed E-state index contributed by atoms with van der Waals surface area (Å²) in [5, 5.41) is 8.71. The van der Waals surface area contributed by atoms with E-state index in [4.69, 9.17) is 10.8 Å². The standard InChI is InChI=1S/C9H12F3N3O4S/c1-15-4-5(2-6(15)8(13)17)20(18,19)14-3-7(16)9(10,11)12/h2,4,7,14,16H,3H2,1H3,(H2,13,17). The summed E-state index contributed by atoms with van der Waals surface area (Å²) in [7, 11) is -2.94. The van der Waals surface area contributed by atoms with Gasteiger partial charge in [0.2, 0.25) is 10.0 Å². The lowest BCUT2D eigenvalue weighted by Crippen LogP contribution is -2.40. The van der Waals surface area contributed by atoms with Crippen LogP contribution in [0.5, 0.6) is 0 Å². The van der Waals surface area contributed by atoms with Gasteiger partial charge >= 0.3 is 6.18 Å². The normalized spacial score (nSPS) is 14.2. The second kappa shape index (κ2) is 5.42. The van der Waals surface area contributed by atoms with E-state index in [0.29, 0.717) is 0 Å². The molecule has 1 amide bonds. The Bertz CT molecular complexity index is 608. The largest absolute Gasteiger partial charge is 0.415 e. The van der Waals surface area contributed by atoms with Crippen molar-refractivity contribution in [3.63, 3.8) is 0 Å². The Labute approximate surface area is 112 Å². The Kier molecular flexibility index (Phi) is 4.46. The van der Waals surface area contributed by atoms with Crippen LogP contribution in [0.3, 0.4) is 0 Å². The minimum atomic E-state index is -4.93. The molecule has 1 heterocycles. The third-order valence-corrected chi connectivity index (χ3v) is 3.78. The van der Waals surface area contributed by atoms with Crippen LogP contribution in [0.2, 0.25) is 0 Å². The number of aryl methyl sites for hydroxylation is 1. The van der Waals surface area contributed by atoms with E-state index in [2.05, 4.69) is 0 Å². The first-order valence-electron chi connectivity index (χ1n) is 5.16. The van der Waals surface area contributed by atoms with Crippen molar-refractivity contribution in [1.82, 2.24) is 9.29 Å². The van der Waals surface area contributed by atoms with Crippen LogP contribution in [0.1, 0.15) is 10.5 Å². The first-order chi connectivity index (χ1) is 8.95. The highest BCUT2D eigenvalue weighted by Gasteiger charge is 2.38. The molecule has 114 valence electrons. The van der Waals surface area contributed by atoms with Crippen LogP contribution in [-0.4, -0.2) is 42.8 Å². The monoisotopic (exact) mass is 315 g/mol. The fraction of sp³-hybridized carbons (Fsp3) is 0.444. The molecule has 0 bridgehead atoms. The van der Waals surface area contributed by atoms with E-state index in [1.165, 1.54) is 7.05 Å². The lowest BCUT2D eigenvalue weighted by Gasteiger charge is -2.14. The first kappa shape index (κ1) is 16.5. The number of nitrogens with zero attached hydrogens (tertiary/aromatic N) is 1. The van der Waals surface area contributed by atoms with E-state index >= 15 is 0 Å². The van der Waals surface area contributed by atoms with Gasteiger partial charge in [-0.05, 0) is 6.07 Å². The van der Waals surface area contributed by atoms with Crippen molar-refractivity contribution >= 4 is 15.9 Å². The molecule has 0 aliphatic carbocycles. The summed E-state index contributed by atoms with van der Waals surface area (Å²) in [6.07, 6.45) is -6.74. The predicted molar refractivity (Wildman–Crippen MR) is 61.2 cm³/mol. The number of hydrogen-bond acceptors (Lipinski definition) is 4. The minimum absolute atomic E-state index is 0.123. The second-order valence-electron chi connectivity index (χ2n) is 3.95. The average Bonchev–Trinajstić information content (AvgIpc) is 2.67. The van der Waals surface area contributed by atoms with Crippen LogP contribution in [0.4, 0.5) is 13.2 Å². The van der Waals surface area contributed by atoms with E-state index in [1.54, 1.807) is 4.72 Å². The van der Waals surface area contributed by atoms with E-state index in [0.717, 1.165) is 16.8 Å². The highest BCUT2D eigenvalue weighted by molar-refractivity contribution is 7.89. The van der Waals surface area contributed by atoms with Crippen LogP contribution in [0.15, 0.2) is 17.2 Å². The van der Waals surface area contributed by atoms with Gasteiger partial charge < -0.3 is 15.4 Å². The number of alkyl halides is 3. The maximum Gasteiger partial charge on any atom is 0.415 e. The van der Waals surface area contributed by atoms with Crippen molar-refractivity contribution in [1.29, 1.82) is 0 Å². The molecule has 0 saturated heterocycles. The van der Waals surface area contributed by atoms with Gasteiger partial charge in [-0.25, -0.2) is 13.1 Å². The number of aliphatic hydroxyl groups is 1. The van der Waals surface area contributed by atoms with Crippen LogP contribution in [0, 0.1) is 0 Å². The fourth-order valence-electron chi connectivity index (χ4n) is 1.31. The molecular weight excluding hydrogens is 303 g/mol. The van der Waals surface area contributed by atoms with Gasteiger partial charge in [-0.3, -0.25) is 4.79 Å². The molecule has 1 unspecified atom stereocenters. The number of sulfonamides is 1. The zero-order valence-electron chi connectivity index (χ0n) is 10.2. The zero-order chi connectivity index (χ0) is 15.7. The van der Waals surface area contributed by atoms with Gasteiger partial charge in [0.25, 0.3) is 5.91 Å². The van der Waals surface area contributed by atoms with Crippen LogP contribution in [0.25, 0.3) is 0 Å². The minimum Gasteiger partial charge on any atom is -0.382 e. The number of hydrogen-bond donors (Lipinski definition) is 3. The summed E-state index contributed by atoms with van der Waals surface area (Å²) in [6.45, 7) is -1.23. The molecule has 0 aliphatic heterocycles. The molecule has 1 rings (SSSR count). The molecule has 11 heteroatoms. The summed E-state index contributed by atoms with van der Waals surface area (Å²) in [4.78, 5) is 10.5. The van der Waals surface area contributed by atoms with Gasteiger partial charge in [0.15, 0.2) is 6.10 Å². The van der Waals surface area contributed by atoms with Crippen molar-refractivity contribution in [3.8, 4) is 0 Å². The molecule has 0 spiro atoms. The molecule has 1 atom stereocenters. The van der Waals surface area contributed by atoms with Gasteiger partial charge in [0, 0.05) is 19.8 Å². The summed E-state index contributed by atoms with van der Waals surface area (Å²) in [5.41, 5.74) is 4.86. The SMILES string of the molecule is Cn1cc(S(=O)(=O)NCC(O)C(F)(F)F)cc1C(N)=O. The number of aromatic nitrogens is 1. The van der Waals surface area contributed by atoms with E-state index in [-0.39, 0.29) is 5.69 Å². The summed E-state index contributed by atoms with van der Waals surface area (Å²) < 4.78 is 62.3. The lowest BCUT2D eigenvalue weighted by molar-refractivity contribution is -0.200. The number of nitrogens with two attached hydrogens (primary N) is 1. The topological polar surface area (TPSA) is 114 Å². The maximum absolute atomic E-state index is 12.1. The third-order valence-electron chi connectivity index (χ3n) is 2.39. The smallest absolute Gasteiger partial charge is 0.382 e. The molecular formula is C9H12F3N3O4S. The number of halogens is 3. The number of carbonyl (C=O) groups is 1. The summed E-state index contributed by atoms with van der Waals surface area (Å²) in [6, 6.07) is 0.921. The zero-order valence-corrected chi connectivity index (χ0v) is 11.0. The quantitative estimate of drug-likeness (QED) is 0.668. The van der Waals surface area contributed by atoms with Gasteiger partial charge in [-0.2, -0.15) is 13.2 Å². The van der Waals surface area contributed by atoms with E-state index in [9.17, 15) is 26.4 Å². The summed E-state index contributed by atoms with van der Waals surface area (Å²) >= 11 is 0. The van der Waals surface area contributed by atoms with Crippen LogP contribution < -0.4 is 10.5 Å². The average molecular weight is 315 g/mol. The van der Waals surface area contributed by atoms with Crippen molar-refractivity contribution < 1.29 is 31.5 Å². The van der Waals surface area contributed by atoms with E-state index < -0.39 is 39.7 Å². The molecule has 0 radical (unpaired) electrons. The highest BCUT2D eigenvalue weighted by atomic mass is 32.2. The first-order valence-corrected chi connectivity index (χ1v) is 6.64. The Morgan fingerprint density at radius 2 is 2.10 bits per heavy atom. The Balaban J connectivity index is 2.90. The number of amides is 1. The van der Waals surface area contributed by atoms with Crippen molar-refractivity contribution in [3.05, 3.63) is 18.0 Å².